The Labute approximate surface area is 427 Å². The molecule has 0 spiro atoms. The van der Waals surface area contributed by atoms with Crippen molar-refractivity contribution in [1.29, 1.82) is 10.5 Å². The molecule has 0 atom stereocenters. The molecule has 16 rings (SSSR count). The van der Waals surface area contributed by atoms with Crippen LogP contribution in [-0.4, -0.2) is 23.3 Å². The Balaban J connectivity index is 1.24. The smallest absolute Gasteiger partial charge is 0.160 e. The highest BCUT2D eigenvalue weighted by atomic mass is 16.3. The van der Waals surface area contributed by atoms with Crippen LogP contribution in [0.5, 0.6) is 0 Å². The van der Waals surface area contributed by atoms with Crippen molar-refractivity contribution in [3.63, 3.8) is 0 Å². The number of rotatable bonds is 5. The molecule has 0 bridgehead atoms. The second kappa shape index (κ2) is 15.4. The SMILES string of the molecule is N#Cc1c(-n2c3ccccc3c3ccccc32)c(-n2c3ccccc3c3ccccc32)c(C#N)c(-n2c3cc(-c4ccccn4)ccc3c3ccc4c5ccccc5oc4c32)c1-n1c2ccccc2c2ccccc21. The van der Waals surface area contributed by atoms with E-state index in [0.29, 0.717) is 39.5 Å². The number of nitriles is 2. The van der Waals surface area contributed by atoms with E-state index < -0.39 is 0 Å². The number of nitrogens with zero attached hydrogens (tertiary/aromatic N) is 7. The number of furan rings is 1. The Hall–Kier alpha value is -10.7. The van der Waals surface area contributed by atoms with Crippen LogP contribution in [0.3, 0.4) is 0 Å². The third-order valence-corrected chi connectivity index (χ3v) is 15.5. The lowest BCUT2D eigenvalue weighted by atomic mass is 9.98. The van der Waals surface area contributed by atoms with Crippen LogP contribution in [0.1, 0.15) is 11.1 Å². The summed E-state index contributed by atoms with van der Waals surface area (Å²) in [6.07, 6.45) is 1.81. The first-order valence-electron chi connectivity index (χ1n) is 25.0. The zero-order valence-electron chi connectivity index (χ0n) is 39.9. The van der Waals surface area contributed by atoms with Gasteiger partial charge in [0.2, 0.25) is 0 Å². The third kappa shape index (κ3) is 5.49. The molecule has 8 nitrogen and oxygen atoms in total. The van der Waals surface area contributed by atoms with Gasteiger partial charge in [-0.3, -0.25) is 4.98 Å². The van der Waals surface area contributed by atoms with Crippen LogP contribution in [0.15, 0.2) is 229 Å². The summed E-state index contributed by atoms with van der Waals surface area (Å²) in [6.45, 7) is 0. The Bertz CT molecular complexity index is 5060. The number of para-hydroxylation sites is 7. The highest BCUT2D eigenvalue weighted by Crippen LogP contribution is 2.50. The minimum atomic E-state index is 0.365. The number of fused-ring (bicyclic) bond motifs is 16. The van der Waals surface area contributed by atoms with Crippen molar-refractivity contribution in [2.75, 3.05) is 0 Å². The fourth-order valence-electron chi connectivity index (χ4n) is 12.5. The van der Waals surface area contributed by atoms with Gasteiger partial charge < -0.3 is 22.7 Å². The minimum Gasteiger partial charge on any atom is -0.454 e. The van der Waals surface area contributed by atoms with E-state index in [-0.39, 0.29) is 0 Å². The van der Waals surface area contributed by atoms with Crippen molar-refractivity contribution in [2.45, 2.75) is 0 Å². The predicted molar refractivity (Wildman–Crippen MR) is 304 cm³/mol. The summed E-state index contributed by atoms with van der Waals surface area (Å²) in [5.41, 5.74) is 13.1. The molecule has 8 heteroatoms. The van der Waals surface area contributed by atoms with Gasteiger partial charge in [-0.25, -0.2) is 0 Å². The van der Waals surface area contributed by atoms with Crippen molar-refractivity contribution < 1.29 is 4.42 Å². The maximum Gasteiger partial charge on any atom is 0.160 e. The van der Waals surface area contributed by atoms with Gasteiger partial charge in [0.05, 0.1) is 72.6 Å². The second-order valence-corrected chi connectivity index (χ2v) is 19.2. The van der Waals surface area contributed by atoms with E-state index in [1.807, 2.05) is 79.0 Å². The first-order valence-corrected chi connectivity index (χ1v) is 25.0. The van der Waals surface area contributed by atoms with Crippen LogP contribution in [0, 0.1) is 22.7 Å². The normalized spacial score (nSPS) is 12.0. The van der Waals surface area contributed by atoms with Gasteiger partial charge in [0.25, 0.3) is 0 Å². The lowest BCUT2D eigenvalue weighted by molar-refractivity contribution is 0.671. The lowest BCUT2D eigenvalue weighted by Gasteiger charge is -2.27. The first-order chi connectivity index (χ1) is 37.2. The van der Waals surface area contributed by atoms with E-state index in [2.05, 4.69) is 176 Å². The van der Waals surface area contributed by atoms with Crippen molar-refractivity contribution in [3.8, 4) is 46.1 Å². The molecular formula is C67H37N7O. The van der Waals surface area contributed by atoms with Gasteiger partial charge in [0, 0.05) is 65.6 Å². The fraction of sp³-hybridized carbons (Fsp3) is 0. The number of hydrogen-bond acceptors (Lipinski definition) is 4. The van der Waals surface area contributed by atoms with E-state index in [0.717, 1.165) is 115 Å². The number of hydrogen-bond donors (Lipinski definition) is 0. The number of benzene rings is 10. The van der Waals surface area contributed by atoms with E-state index in [1.54, 1.807) is 0 Å². The molecular weight excluding hydrogens is 919 g/mol. The first kappa shape index (κ1) is 41.0. The van der Waals surface area contributed by atoms with Gasteiger partial charge in [0.15, 0.2) is 5.58 Å². The van der Waals surface area contributed by atoms with Crippen molar-refractivity contribution in [3.05, 3.63) is 236 Å². The summed E-state index contributed by atoms with van der Waals surface area (Å²) in [5, 5.41) is 35.5. The molecule has 346 valence electrons. The maximum absolute atomic E-state index is 12.8. The minimum absolute atomic E-state index is 0.365. The zero-order chi connectivity index (χ0) is 49.5. The molecule has 0 saturated carbocycles. The molecule has 0 unspecified atom stereocenters. The van der Waals surface area contributed by atoms with Crippen LogP contribution >= 0.6 is 0 Å². The molecule has 10 aromatic carbocycles. The number of pyridine rings is 1. The fourth-order valence-corrected chi connectivity index (χ4v) is 12.5. The summed E-state index contributed by atoms with van der Waals surface area (Å²) in [6, 6.07) is 81.0. The van der Waals surface area contributed by atoms with E-state index in [9.17, 15) is 10.5 Å². The van der Waals surface area contributed by atoms with E-state index in [4.69, 9.17) is 9.40 Å². The Morgan fingerprint density at radius 3 is 1.15 bits per heavy atom. The summed E-state index contributed by atoms with van der Waals surface area (Å²) in [5.74, 6) is 0. The van der Waals surface area contributed by atoms with Gasteiger partial charge in [0.1, 0.15) is 28.8 Å². The average molecular weight is 956 g/mol. The molecule has 0 radical (unpaired) electrons. The van der Waals surface area contributed by atoms with E-state index >= 15 is 0 Å². The molecule has 6 heterocycles. The highest BCUT2D eigenvalue weighted by molar-refractivity contribution is 6.23. The van der Waals surface area contributed by atoms with Gasteiger partial charge >= 0.3 is 0 Å². The monoisotopic (exact) mass is 955 g/mol. The van der Waals surface area contributed by atoms with Gasteiger partial charge in [-0.1, -0.05) is 152 Å². The molecule has 0 aliphatic carbocycles. The highest BCUT2D eigenvalue weighted by Gasteiger charge is 2.35. The molecule has 16 aromatic rings. The van der Waals surface area contributed by atoms with Gasteiger partial charge in [-0.2, -0.15) is 10.5 Å². The van der Waals surface area contributed by atoms with Gasteiger partial charge in [-0.05, 0) is 66.7 Å². The molecule has 0 saturated heterocycles. The molecule has 0 aliphatic rings. The van der Waals surface area contributed by atoms with Crippen molar-refractivity contribution in [2.24, 2.45) is 0 Å². The van der Waals surface area contributed by atoms with E-state index in [1.165, 1.54) is 0 Å². The third-order valence-electron chi connectivity index (χ3n) is 15.5. The molecule has 0 amide bonds. The molecule has 75 heavy (non-hydrogen) atoms. The quantitative estimate of drug-likeness (QED) is 0.172. The second-order valence-electron chi connectivity index (χ2n) is 19.2. The Kier molecular flexibility index (Phi) is 8.43. The summed E-state index contributed by atoms with van der Waals surface area (Å²) in [7, 11) is 0. The van der Waals surface area contributed by atoms with Crippen LogP contribution in [0.4, 0.5) is 0 Å². The average Bonchev–Trinajstić information content (AvgIpc) is 4.37. The maximum atomic E-state index is 12.8. The molecule has 0 aliphatic heterocycles. The largest absolute Gasteiger partial charge is 0.454 e. The van der Waals surface area contributed by atoms with Gasteiger partial charge in [-0.15, -0.1) is 0 Å². The van der Waals surface area contributed by atoms with Crippen LogP contribution in [0.2, 0.25) is 0 Å². The summed E-state index contributed by atoms with van der Waals surface area (Å²) >= 11 is 0. The Morgan fingerprint density at radius 2 is 0.707 bits per heavy atom. The van der Waals surface area contributed by atoms with Crippen molar-refractivity contribution >= 4 is 109 Å². The van der Waals surface area contributed by atoms with Crippen LogP contribution in [0.25, 0.3) is 143 Å². The van der Waals surface area contributed by atoms with Crippen LogP contribution < -0.4 is 0 Å². The van der Waals surface area contributed by atoms with Crippen molar-refractivity contribution in [1.82, 2.24) is 23.3 Å². The Morgan fingerprint density at radius 1 is 0.333 bits per heavy atom. The lowest BCUT2D eigenvalue weighted by Crippen LogP contribution is -2.16. The molecule has 6 aromatic heterocycles. The van der Waals surface area contributed by atoms with Crippen LogP contribution in [-0.2, 0) is 0 Å². The molecule has 0 N–H and O–H groups in total. The zero-order valence-corrected chi connectivity index (χ0v) is 39.9. The standard InChI is InChI=1S/C67H37N7O/c68-38-51-62(71-54-25-8-1-17-41(54)42-18-2-9-26-55(42)71)63(72-56-27-10-3-19-43(56)44-20-4-11-28-57(44)72)52(39-69)65(64(51)73-58-29-12-5-21-45(58)46-22-6-13-30-59(46)73)74-60-37-40(53-24-15-16-36-70-53)32-33-47(60)49-34-35-50-48-23-7-14-31-61(48)75-67(50)66(49)74/h1-37H. The predicted octanol–water partition coefficient (Wildman–Crippen LogP) is 16.8. The topological polar surface area (TPSA) is 93.3 Å². The number of aromatic nitrogens is 5. The summed E-state index contributed by atoms with van der Waals surface area (Å²) < 4.78 is 16.0. The molecule has 0 fully saturated rings. The summed E-state index contributed by atoms with van der Waals surface area (Å²) in [4.78, 5) is 4.84.